The van der Waals surface area contributed by atoms with Crippen LogP contribution in [0.25, 0.3) is 22.5 Å². The summed E-state index contributed by atoms with van der Waals surface area (Å²) in [6.45, 7) is 16.8. The molecule has 8 nitrogen and oxygen atoms in total. The fourth-order valence-electron chi connectivity index (χ4n) is 4.45. The maximum absolute atomic E-state index is 5.96. The quantitative estimate of drug-likeness (QED) is 0.136. The van der Waals surface area contributed by atoms with Crippen LogP contribution in [-0.2, 0) is 27.6 Å². The van der Waals surface area contributed by atoms with E-state index in [2.05, 4.69) is 33.5 Å². The fourth-order valence-corrected chi connectivity index (χ4v) is 4.45. The second kappa shape index (κ2) is 19.3. The van der Waals surface area contributed by atoms with Gasteiger partial charge in [0, 0.05) is 61.7 Å². The van der Waals surface area contributed by atoms with Gasteiger partial charge in [-0.15, -0.1) is 24.3 Å². The van der Waals surface area contributed by atoms with E-state index in [0.29, 0.717) is 0 Å². The first kappa shape index (κ1) is 39.6. The minimum Gasteiger partial charge on any atom is -0.534 e. The Bertz CT molecular complexity index is 1530. The molecule has 256 valence electrons. The maximum Gasteiger partial charge on any atom is 2.00 e. The molecule has 0 bridgehead atoms. The molecule has 2 aromatic heterocycles. The standard InChI is InChI=1S/2C19H25N2O2.Pt/c1-13(2)22-16-7-8-17(19(12-16)23-14(3)4)18-11-15(21(5)6)9-10-20-18;1-13(2)22-16-6-7-17(19(11-16)23-14(3)4)18-10-15(12-20-5)8-9-21-18;/h7,9-14H,1-6H3;6,8-11,13-14,20H,12H2,1-5H3;/q2*-1;+2. The number of ether oxygens (including phenoxy) is 4. The summed E-state index contributed by atoms with van der Waals surface area (Å²) in [5.74, 6) is 2.99. The molecule has 0 saturated heterocycles. The van der Waals surface area contributed by atoms with Gasteiger partial charge in [-0.25, -0.2) is 0 Å². The van der Waals surface area contributed by atoms with E-state index in [9.17, 15) is 0 Å². The van der Waals surface area contributed by atoms with E-state index in [-0.39, 0.29) is 45.5 Å². The second-order valence-electron chi connectivity index (χ2n) is 12.2. The average molecular weight is 822 g/mol. The van der Waals surface area contributed by atoms with Crippen molar-refractivity contribution in [3.63, 3.8) is 0 Å². The molecule has 0 aliphatic carbocycles. The fraction of sp³-hybridized carbons (Fsp3) is 0.421. The van der Waals surface area contributed by atoms with Gasteiger partial charge in [0.2, 0.25) is 0 Å². The van der Waals surface area contributed by atoms with E-state index < -0.39 is 0 Å². The van der Waals surface area contributed by atoms with Gasteiger partial charge in [0.05, 0.1) is 24.4 Å². The molecule has 47 heavy (non-hydrogen) atoms. The zero-order valence-corrected chi connectivity index (χ0v) is 31.9. The molecular weight excluding hydrogens is 772 g/mol. The first-order valence-corrected chi connectivity index (χ1v) is 15.9. The Hall–Kier alpha value is -3.61. The van der Waals surface area contributed by atoms with E-state index in [1.807, 2.05) is 130 Å². The average Bonchev–Trinajstić information content (AvgIpc) is 2.97. The van der Waals surface area contributed by atoms with E-state index >= 15 is 0 Å². The maximum atomic E-state index is 5.96. The van der Waals surface area contributed by atoms with Crippen molar-refractivity contribution in [1.29, 1.82) is 0 Å². The minimum atomic E-state index is 0. The normalized spacial score (nSPS) is 10.8. The Kier molecular flexibility index (Phi) is 16.2. The van der Waals surface area contributed by atoms with Gasteiger partial charge in [0.1, 0.15) is 0 Å². The zero-order valence-electron chi connectivity index (χ0n) is 29.6. The largest absolute Gasteiger partial charge is 2.00 e. The number of pyridine rings is 2. The predicted octanol–water partition coefficient (Wildman–Crippen LogP) is 8.03. The molecule has 0 unspecified atom stereocenters. The van der Waals surface area contributed by atoms with Gasteiger partial charge in [0.15, 0.2) is 0 Å². The summed E-state index contributed by atoms with van der Waals surface area (Å²) in [4.78, 5) is 11.0. The summed E-state index contributed by atoms with van der Waals surface area (Å²) < 4.78 is 23.4. The number of aromatic nitrogens is 2. The zero-order chi connectivity index (χ0) is 33.8. The Morgan fingerprint density at radius 2 is 1.11 bits per heavy atom. The molecule has 0 atom stereocenters. The molecular formula is C38H50N4O4Pt. The van der Waals surface area contributed by atoms with Crippen LogP contribution in [0, 0.1) is 12.1 Å². The molecule has 0 aliphatic rings. The van der Waals surface area contributed by atoms with Crippen LogP contribution >= 0.6 is 0 Å². The third-order valence-electron chi connectivity index (χ3n) is 6.20. The van der Waals surface area contributed by atoms with E-state index in [0.717, 1.165) is 57.7 Å². The van der Waals surface area contributed by atoms with Crippen molar-refractivity contribution in [3.05, 3.63) is 78.6 Å². The topological polar surface area (TPSA) is 78.0 Å². The summed E-state index contributed by atoms with van der Waals surface area (Å²) in [6, 6.07) is 22.1. The number of nitrogens with one attached hydrogen (secondary N) is 1. The number of rotatable bonds is 13. The van der Waals surface area contributed by atoms with Gasteiger partial charge < -0.3 is 39.1 Å². The third-order valence-corrected chi connectivity index (χ3v) is 6.20. The predicted molar refractivity (Wildman–Crippen MR) is 187 cm³/mol. The SMILES string of the molecule is CC(C)Oc1c[c-]c(-c2cc(N(C)C)ccn2)c(OC(C)C)c1.CNCc1ccnc(-c2[c-]cc(OC(C)C)cc2OC(C)C)c1.[Pt+2]. The van der Waals surface area contributed by atoms with E-state index in [4.69, 9.17) is 18.9 Å². The Morgan fingerprint density at radius 3 is 1.53 bits per heavy atom. The third kappa shape index (κ3) is 12.8. The van der Waals surface area contributed by atoms with Crippen LogP contribution in [-0.4, -0.2) is 55.5 Å². The first-order valence-electron chi connectivity index (χ1n) is 15.9. The summed E-state index contributed by atoms with van der Waals surface area (Å²) >= 11 is 0. The van der Waals surface area contributed by atoms with Crippen LogP contribution in [0.4, 0.5) is 5.69 Å². The van der Waals surface area contributed by atoms with Crippen LogP contribution in [0.5, 0.6) is 23.0 Å². The monoisotopic (exact) mass is 821 g/mol. The first-order chi connectivity index (χ1) is 21.9. The molecule has 0 fully saturated rings. The Balaban J connectivity index is 0.000000320. The molecule has 1 N–H and O–H groups in total. The summed E-state index contributed by atoms with van der Waals surface area (Å²) in [6.07, 6.45) is 3.96. The van der Waals surface area contributed by atoms with Gasteiger partial charge in [-0.05, 0) is 91.5 Å². The molecule has 0 saturated carbocycles. The number of benzene rings is 2. The van der Waals surface area contributed by atoms with Gasteiger partial charge >= 0.3 is 21.1 Å². The van der Waals surface area contributed by atoms with Gasteiger partial charge in [0.25, 0.3) is 0 Å². The van der Waals surface area contributed by atoms with Gasteiger partial charge in [-0.3, -0.25) is 0 Å². The molecule has 2 aromatic carbocycles. The summed E-state index contributed by atoms with van der Waals surface area (Å²) in [7, 11) is 5.94. The molecule has 0 radical (unpaired) electrons. The molecule has 0 amide bonds. The molecule has 9 heteroatoms. The van der Waals surface area contributed by atoms with Crippen molar-refractivity contribution < 1.29 is 40.0 Å². The number of anilines is 1. The summed E-state index contributed by atoms with van der Waals surface area (Å²) in [5.41, 5.74) is 5.64. The van der Waals surface area contributed by atoms with Crippen molar-refractivity contribution in [2.45, 2.75) is 86.4 Å². The van der Waals surface area contributed by atoms with Crippen molar-refractivity contribution in [2.24, 2.45) is 0 Å². The van der Waals surface area contributed by atoms with Crippen molar-refractivity contribution in [3.8, 4) is 45.5 Å². The smallest absolute Gasteiger partial charge is 0.534 e. The Morgan fingerprint density at radius 1 is 0.660 bits per heavy atom. The van der Waals surface area contributed by atoms with Crippen LogP contribution in [0.2, 0.25) is 0 Å². The molecule has 0 aliphatic heterocycles. The van der Waals surface area contributed by atoms with Crippen LogP contribution in [0.1, 0.15) is 61.0 Å². The second-order valence-corrected chi connectivity index (χ2v) is 12.2. The van der Waals surface area contributed by atoms with Crippen LogP contribution in [0.3, 0.4) is 0 Å². The van der Waals surface area contributed by atoms with Crippen LogP contribution < -0.4 is 29.2 Å². The number of hydrogen-bond acceptors (Lipinski definition) is 8. The molecule has 4 aromatic rings. The molecule has 0 spiro atoms. The molecule has 2 heterocycles. The van der Waals surface area contributed by atoms with Crippen molar-refractivity contribution in [1.82, 2.24) is 15.3 Å². The van der Waals surface area contributed by atoms with Gasteiger partial charge in [-0.2, -0.15) is 0 Å². The van der Waals surface area contributed by atoms with Crippen molar-refractivity contribution in [2.75, 3.05) is 26.0 Å². The van der Waals surface area contributed by atoms with Crippen LogP contribution in [0.15, 0.2) is 60.9 Å². The number of nitrogens with zero attached hydrogens (tertiary/aromatic N) is 3. The van der Waals surface area contributed by atoms with E-state index in [1.54, 1.807) is 6.20 Å². The summed E-state index contributed by atoms with van der Waals surface area (Å²) in [5, 5.41) is 3.15. The molecule has 4 rings (SSSR count). The minimum absolute atomic E-state index is 0. The number of hydrogen-bond donors (Lipinski definition) is 1. The van der Waals surface area contributed by atoms with Crippen molar-refractivity contribution >= 4 is 5.69 Å². The van der Waals surface area contributed by atoms with E-state index in [1.165, 1.54) is 5.56 Å². The van der Waals surface area contributed by atoms with Gasteiger partial charge in [-0.1, -0.05) is 35.4 Å². The Labute approximate surface area is 296 Å².